The maximum absolute atomic E-state index is 13.5. The SMILES string of the molecule is CC(C)c1cncc2ccc(F)c(C(F)F)c12. The van der Waals surface area contributed by atoms with Crippen LogP contribution in [-0.2, 0) is 0 Å². The topological polar surface area (TPSA) is 12.9 Å². The molecule has 0 amide bonds. The Balaban J connectivity index is 2.89. The summed E-state index contributed by atoms with van der Waals surface area (Å²) >= 11 is 0. The standard InChI is InChI=1S/C13H12F3N/c1-7(2)9-6-17-5-8-3-4-10(14)12(11(8)9)13(15)16/h3-7,13H,1-2H3. The van der Waals surface area contributed by atoms with E-state index in [4.69, 9.17) is 0 Å². The molecule has 0 unspecified atom stereocenters. The predicted octanol–water partition coefficient (Wildman–Crippen LogP) is 4.43. The highest BCUT2D eigenvalue weighted by molar-refractivity contribution is 5.88. The molecule has 1 heterocycles. The summed E-state index contributed by atoms with van der Waals surface area (Å²) in [6, 6.07) is 2.55. The summed E-state index contributed by atoms with van der Waals surface area (Å²) in [6.45, 7) is 3.74. The zero-order valence-corrected chi connectivity index (χ0v) is 9.55. The molecule has 0 aliphatic carbocycles. The van der Waals surface area contributed by atoms with E-state index in [0.29, 0.717) is 16.3 Å². The Morgan fingerprint density at radius 3 is 2.41 bits per heavy atom. The lowest BCUT2D eigenvalue weighted by molar-refractivity contribution is 0.148. The lowest BCUT2D eigenvalue weighted by atomic mass is 9.95. The average molecular weight is 239 g/mol. The van der Waals surface area contributed by atoms with Crippen molar-refractivity contribution in [3.63, 3.8) is 0 Å². The molecule has 0 radical (unpaired) electrons. The summed E-state index contributed by atoms with van der Waals surface area (Å²) < 4.78 is 39.4. The maximum atomic E-state index is 13.5. The van der Waals surface area contributed by atoms with Crippen molar-refractivity contribution in [3.05, 3.63) is 41.5 Å². The van der Waals surface area contributed by atoms with Gasteiger partial charge < -0.3 is 0 Å². The molecule has 1 aromatic heterocycles. The number of fused-ring (bicyclic) bond motifs is 1. The highest BCUT2D eigenvalue weighted by atomic mass is 19.3. The minimum Gasteiger partial charge on any atom is -0.264 e. The van der Waals surface area contributed by atoms with E-state index in [1.807, 2.05) is 13.8 Å². The van der Waals surface area contributed by atoms with Gasteiger partial charge in [0, 0.05) is 23.2 Å². The largest absolute Gasteiger partial charge is 0.267 e. The Morgan fingerprint density at radius 1 is 1.12 bits per heavy atom. The molecule has 1 nitrogen and oxygen atoms in total. The molecular weight excluding hydrogens is 227 g/mol. The van der Waals surface area contributed by atoms with Crippen LogP contribution in [0.2, 0.25) is 0 Å². The third-order valence-electron chi connectivity index (χ3n) is 2.78. The molecular formula is C13H12F3N. The van der Waals surface area contributed by atoms with E-state index < -0.39 is 17.8 Å². The van der Waals surface area contributed by atoms with Gasteiger partial charge in [-0.15, -0.1) is 0 Å². The van der Waals surface area contributed by atoms with Crippen LogP contribution in [0.15, 0.2) is 24.5 Å². The fraction of sp³-hybridized carbons (Fsp3) is 0.308. The summed E-state index contributed by atoms with van der Waals surface area (Å²) in [6.07, 6.45) is 0.184. The van der Waals surface area contributed by atoms with Gasteiger partial charge in [-0.3, -0.25) is 4.98 Å². The molecule has 0 saturated heterocycles. The van der Waals surface area contributed by atoms with Gasteiger partial charge in [-0.25, -0.2) is 13.2 Å². The van der Waals surface area contributed by atoms with Gasteiger partial charge in [0.25, 0.3) is 6.43 Å². The quantitative estimate of drug-likeness (QED) is 0.755. The summed E-state index contributed by atoms with van der Waals surface area (Å²) in [5.74, 6) is -0.842. The van der Waals surface area contributed by atoms with Crippen molar-refractivity contribution >= 4 is 10.8 Å². The van der Waals surface area contributed by atoms with E-state index in [-0.39, 0.29) is 5.92 Å². The highest BCUT2D eigenvalue weighted by Gasteiger charge is 2.20. The Kier molecular flexibility index (Phi) is 3.05. The number of nitrogens with zero attached hydrogens (tertiary/aromatic N) is 1. The smallest absolute Gasteiger partial charge is 0.264 e. The second-order valence-electron chi connectivity index (χ2n) is 4.24. The van der Waals surface area contributed by atoms with Gasteiger partial charge in [0.15, 0.2) is 0 Å². The Bertz CT molecular complexity index is 550. The molecule has 1 aromatic carbocycles. The van der Waals surface area contributed by atoms with Crippen LogP contribution in [0.3, 0.4) is 0 Å². The monoisotopic (exact) mass is 239 g/mol. The molecule has 0 aliphatic heterocycles. The van der Waals surface area contributed by atoms with Gasteiger partial charge in [-0.1, -0.05) is 13.8 Å². The first kappa shape index (κ1) is 11.9. The molecule has 0 atom stereocenters. The first-order valence-corrected chi connectivity index (χ1v) is 5.36. The number of rotatable bonds is 2. The molecule has 0 spiro atoms. The highest BCUT2D eigenvalue weighted by Crippen LogP contribution is 2.34. The zero-order valence-electron chi connectivity index (χ0n) is 9.55. The summed E-state index contributed by atoms with van der Waals surface area (Å²) in [7, 11) is 0. The van der Waals surface area contributed by atoms with Crippen LogP contribution in [0, 0.1) is 5.82 Å². The van der Waals surface area contributed by atoms with Crippen LogP contribution in [0.5, 0.6) is 0 Å². The second kappa shape index (κ2) is 4.35. The Morgan fingerprint density at radius 2 is 1.82 bits per heavy atom. The minimum absolute atomic E-state index is 0.0190. The number of alkyl halides is 2. The number of benzene rings is 1. The van der Waals surface area contributed by atoms with Gasteiger partial charge in [0.2, 0.25) is 0 Å². The van der Waals surface area contributed by atoms with Crippen LogP contribution in [0.25, 0.3) is 10.8 Å². The van der Waals surface area contributed by atoms with Crippen molar-refractivity contribution in [1.29, 1.82) is 0 Å². The summed E-state index contributed by atoms with van der Waals surface area (Å²) in [5.41, 5.74) is 0.130. The van der Waals surface area contributed by atoms with Crippen LogP contribution < -0.4 is 0 Å². The Hall–Kier alpha value is -1.58. The fourth-order valence-electron chi connectivity index (χ4n) is 1.95. The predicted molar refractivity (Wildman–Crippen MR) is 60.7 cm³/mol. The molecule has 0 N–H and O–H groups in total. The normalized spacial score (nSPS) is 11.7. The van der Waals surface area contributed by atoms with Crippen molar-refractivity contribution < 1.29 is 13.2 Å². The third-order valence-corrected chi connectivity index (χ3v) is 2.78. The van der Waals surface area contributed by atoms with Gasteiger partial charge in [0.1, 0.15) is 5.82 Å². The van der Waals surface area contributed by atoms with Crippen molar-refractivity contribution in [2.24, 2.45) is 0 Å². The zero-order chi connectivity index (χ0) is 12.6. The number of hydrogen-bond donors (Lipinski definition) is 0. The van der Waals surface area contributed by atoms with E-state index in [1.165, 1.54) is 18.5 Å². The molecule has 0 aliphatic rings. The van der Waals surface area contributed by atoms with Crippen LogP contribution in [0.1, 0.15) is 37.3 Å². The molecule has 17 heavy (non-hydrogen) atoms. The molecule has 0 fully saturated rings. The van der Waals surface area contributed by atoms with E-state index in [0.717, 1.165) is 6.07 Å². The van der Waals surface area contributed by atoms with Gasteiger partial charge >= 0.3 is 0 Å². The molecule has 4 heteroatoms. The minimum atomic E-state index is -2.82. The van der Waals surface area contributed by atoms with Crippen molar-refractivity contribution in [2.45, 2.75) is 26.2 Å². The van der Waals surface area contributed by atoms with E-state index >= 15 is 0 Å². The van der Waals surface area contributed by atoms with Gasteiger partial charge in [-0.2, -0.15) is 0 Å². The molecule has 2 aromatic rings. The van der Waals surface area contributed by atoms with E-state index in [9.17, 15) is 13.2 Å². The fourth-order valence-corrected chi connectivity index (χ4v) is 1.95. The number of aromatic nitrogens is 1. The average Bonchev–Trinajstić information content (AvgIpc) is 2.27. The second-order valence-corrected chi connectivity index (χ2v) is 4.24. The van der Waals surface area contributed by atoms with Crippen molar-refractivity contribution in [2.75, 3.05) is 0 Å². The molecule has 90 valence electrons. The van der Waals surface area contributed by atoms with Crippen LogP contribution >= 0.6 is 0 Å². The third kappa shape index (κ3) is 1.99. The van der Waals surface area contributed by atoms with E-state index in [1.54, 1.807) is 0 Å². The first-order chi connectivity index (χ1) is 8.02. The number of pyridine rings is 1. The van der Waals surface area contributed by atoms with Crippen molar-refractivity contribution in [1.82, 2.24) is 4.98 Å². The molecule has 2 rings (SSSR count). The number of hydrogen-bond acceptors (Lipinski definition) is 1. The van der Waals surface area contributed by atoms with E-state index in [2.05, 4.69) is 4.98 Å². The molecule has 0 saturated carbocycles. The van der Waals surface area contributed by atoms with Gasteiger partial charge in [-0.05, 0) is 23.6 Å². The lowest BCUT2D eigenvalue weighted by Gasteiger charge is -2.13. The summed E-state index contributed by atoms with van der Waals surface area (Å²) in [5, 5.41) is 0.845. The summed E-state index contributed by atoms with van der Waals surface area (Å²) in [4.78, 5) is 4.00. The van der Waals surface area contributed by atoms with Crippen LogP contribution in [-0.4, -0.2) is 4.98 Å². The maximum Gasteiger partial charge on any atom is 0.267 e. The van der Waals surface area contributed by atoms with Crippen molar-refractivity contribution in [3.8, 4) is 0 Å². The first-order valence-electron chi connectivity index (χ1n) is 5.36. The molecule has 0 bridgehead atoms. The van der Waals surface area contributed by atoms with Crippen LogP contribution in [0.4, 0.5) is 13.2 Å². The Labute approximate surface area is 97.3 Å². The lowest BCUT2D eigenvalue weighted by Crippen LogP contribution is -1.99. The number of halogens is 3. The van der Waals surface area contributed by atoms with Gasteiger partial charge in [0.05, 0.1) is 5.56 Å².